The maximum Gasteiger partial charge on any atom is 0.337 e. The van der Waals surface area contributed by atoms with Gasteiger partial charge in [0.1, 0.15) is 18.0 Å². The van der Waals surface area contributed by atoms with Gasteiger partial charge in [-0.15, -0.1) is 0 Å². The van der Waals surface area contributed by atoms with Gasteiger partial charge in [-0.05, 0) is 29.8 Å². The number of hydrogen-bond acceptors (Lipinski definition) is 5. The zero-order valence-corrected chi connectivity index (χ0v) is 16.7. The molecule has 0 aliphatic rings. The molecule has 150 valence electrons. The first kappa shape index (κ1) is 21.2. The van der Waals surface area contributed by atoms with Crippen LogP contribution in [0.3, 0.4) is 0 Å². The number of esters is 1. The molecule has 0 heterocycles. The van der Waals surface area contributed by atoms with Gasteiger partial charge in [-0.2, -0.15) is 0 Å². The van der Waals surface area contributed by atoms with Crippen molar-refractivity contribution in [1.29, 1.82) is 0 Å². The SMILES string of the molecule is COC(=O)c1ccc(CNC(=O)C[NH+](C)Cc2ccc(OC)cc2OC)cc1. The van der Waals surface area contributed by atoms with E-state index in [-0.39, 0.29) is 11.9 Å². The third-order valence-corrected chi connectivity index (χ3v) is 4.31. The van der Waals surface area contributed by atoms with Crippen LogP contribution >= 0.6 is 0 Å². The normalized spacial score (nSPS) is 11.4. The molecule has 1 unspecified atom stereocenters. The van der Waals surface area contributed by atoms with Gasteiger partial charge in [-0.1, -0.05) is 12.1 Å². The number of methoxy groups -OCH3 is 3. The van der Waals surface area contributed by atoms with Crippen LogP contribution in [0.1, 0.15) is 21.5 Å². The molecule has 7 nitrogen and oxygen atoms in total. The third kappa shape index (κ3) is 5.99. The monoisotopic (exact) mass is 387 g/mol. The quantitative estimate of drug-likeness (QED) is 0.623. The van der Waals surface area contributed by atoms with Crippen molar-refractivity contribution in [3.05, 3.63) is 59.2 Å². The molecule has 1 atom stereocenters. The Morgan fingerprint density at radius 3 is 2.32 bits per heavy atom. The Labute approximate surface area is 165 Å². The molecule has 2 aromatic carbocycles. The Morgan fingerprint density at radius 2 is 1.71 bits per heavy atom. The largest absolute Gasteiger partial charge is 0.497 e. The third-order valence-electron chi connectivity index (χ3n) is 4.31. The summed E-state index contributed by atoms with van der Waals surface area (Å²) in [6, 6.07) is 12.6. The van der Waals surface area contributed by atoms with E-state index >= 15 is 0 Å². The number of quaternary nitrogens is 1. The Balaban J connectivity index is 1.85. The molecule has 2 aromatic rings. The molecule has 0 aliphatic carbocycles. The van der Waals surface area contributed by atoms with Crippen LogP contribution in [0.2, 0.25) is 0 Å². The number of benzene rings is 2. The van der Waals surface area contributed by atoms with Gasteiger partial charge in [-0.3, -0.25) is 4.79 Å². The molecule has 0 fully saturated rings. The van der Waals surface area contributed by atoms with E-state index in [1.165, 1.54) is 7.11 Å². The average molecular weight is 387 g/mol. The Morgan fingerprint density at radius 1 is 1.00 bits per heavy atom. The molecule has 0 radical (unpaired) electrons. The van der Waals surface area contributed by atoms with Crippen molar-refractivity contribution in [2.75, 3.05) is 34.9 Å². The fourth-order valence-corrected chi connectivity index (χ4v) is 2.80. The minimum absolute atomic E-state index is 0.0537. The molecule has 2 N–H and O–H groups in total. The van der Waals surface area contributed by atoms with Crippen molar-refractivity contribution in [3.63, 3.8) is 0 Å². The lowest BCUT2D eigenvalue weighted by molar-refractivity contribution is -0.885. The van der Waals surface area contributed by atoms with Crippen LogP contribution in [0, 0.1) is 0 Å². The molecule has 0 spiro atoms. The second-order valence-electron chi connectivity index (χ2n) is 6.45. The van der Waals surface area contributed by atoms with Crippen LogP contribution < -0.4 is 19.7 Å². The van der Waals surface area contributed by atoms with Crippen molar-refractivity contribution in [1.82, 2.24) is 5.32 Å². The molecular formula is C21H27N2O5+. The molecule has 0 bridgehead atoms. The van der Waals surface area contributed by atoms with Gasteiger partial charge in [0.2, 0.25) is 0 Å². The smallest absolute Gasteiger partial charge is 0.337 e. The summed E-state index contributed by atoms with van der Waals surface area (Å²) in [6.07, 6.45) is 0. The van der Waals surface area contributed by atoms with E-state index in [2.05, 4.69) is 10.1 Å². The summed E-state index contributed by atoms with van der Waals surface area (Å²) >= 11 is 0. The van der Waals surface area contributed by atoms with Gasteiger partial charge in [0.05, 0.1) is 33.9 Å². The van der Waals surface area contributed by atoms with Gasteiger partial charge >= 0.3 is 5.97 Å². The number of amides is 1. The predicted molar refractivity (Wildman–Crippen MR) is 105 cm³/mol. The maximum absolute atomic E-state index is 12.2. The van der Waals surface area contributed by atoms with E-state index < -0.39 is 0 Å². The van der Waals surface area contributed by atoms with E-state index in [0.717, 1.165) is 27.5 Å². The molecule has 0 aliphatic heterocycles. The summed E-state index contributed by atoms with van der Waals surface area (Å²) in [7, 11) is 6.52. The summed E-state index contributed by atoms with van der Waals surface area (Å²) in [4.78, 5) is 24.7. The average Bonchev–Trinajstić information content (AvgIpc) is 2.72. The number of nitrogens with one attached hydrogen (secondary N) is 2. The van der Waals surface area contributed by atoms with E-state index in [0.29, 0.717) is 25.2 Å². The first-order valence-electron chi connectivity index (χ1n) is 8.93. The van der Waals surface area contributed by atoms with Crippen LogP contribution in [0.15, 0.2) is 42.5 Å². The Hall–Kier alpha value is -3.06. The van der Waals surface area contributed by atoms with Crippen molar-refractivity contribution >= 4 is 11.9 Å². The lowest BCUT2D eigenvalue weighted by Crippen LogP contribution is -3.08. The molecule has 0 aromatic heterocycles. The maximum atomic E-state index is 12.2. The first-order valence-corrected chi connectivity index (χ1v) is 8.93. The fourth-order valence-electron chi connectivity index (χ4n) is 2.80. The molecule has 1 amide bonds. The van der Waals surface area contributed by atoms with Gasteiger partial charge in [-0.25, -0.2) is 4.79 Å². The van der Waals surface area contributed by atoms with Gasteiger partial charge in [0, 0.05) is 18.2 Å². The minimum Gasteiger partial charge on any atom is -0.497 e. The van der Waals surface area contributed by atoms with Crippen molar-refractivity contribution in [3.8, 4) is 11.5 Å². The number of carbonyl (C=O) groups is 2. The Bertz CT molecular complexity index is 805. The summed E-state index contributed by atoms with van der Waals surface area (Å²) in [5.74, 6) is 1.04. The van der Waals surface area contributed by atoms with Gasteiger partial charge < -0.3 is 24.4 Å². The molecule has 28 heavy (non-hydrogen) atoms. The molecular weight excluding hydrogens is 360 g/mol. The highest BCUT2D eigenvalue weighted by molar-refractivity contribution is 5.89. The second kappa shape index (κ2) is 10.3. The number of carbonyl (C=O) groups excluding carboxylic acids is 2. The molecule has 7 heteroatoms. The van der Waals surface area contributed by atoms with Crippen LogP contribution in [0.5, 0.6) is 11.5 Å². The molecule has 2 rings (SSSR count). The van der Waals surface area contributed by atoms with Crippen LogP contribution in [-0.2, 0) is 22.6 Å². The summed E-state index contributed by atoms with van der Waals surface area (Å²) < 4.78 is 15.3. The Kier molecular flexibility index (Phi) is 7.83. The van der Waals surface area contributed by atoms with Crippen LogP contribution in [0.4, 0.5) is 0 Å². The number of ether oxygens (including phenoxy) is 3. The second-order valence-corrected chi connectivity index (χ2v) is 6.45. The first-order chi connectivity index (χ1) is 13.5. The van der Waals surface area contributed by atoms with Crippen molar-refractivity contribution in [2.45, 2.75) is 13.1 Å². The number of likely N-dealkylation sites (N-methyl/N-ethyl adjacent to an activating group) is 1. The topological polar surface area (TPSA) is 78.3 Å². The molecule has 0 saturated carbocycles. The van der Waals surface area contributed by atoms with Crippen molar-refractivity contribution in [2.24, 2.45) is 0 Å². The minimum atomic E-state index is -0.380. The van der Waals surface area contributed by atoms with Gasteiger partial charge in [0.15, 0.2) is 6.54 Å². The van der Waals surface area contributed by atoms with E-state index in [9.17, 15) is 9.59 Å². The highest BCUT2D eigenvalue weighted by Gasteiger charge is 2.14. The fraction of sp³-hybridized carbons (Fsp3) is 0.333. The van der Waals surface area contributed by atoms with Crippen LogP contribution in [0.25, 0.3) is 0 Å². The van der Waals surface area contributed by atoms with Gasteiger partial charge in [0.25, 0.3) is 5.91 Å². The number of hydrogen-bond donors (Lipinski definition) is 2. The van der Waals surface area contributed by atoms with E-state index in [4.69, 9.17) is 9.47 Å². The van der Waals surface area contributed by atoms with Crippen molar-refractivity contribution < 1.29 is 28.7 Å². The van der Waals surface area contributed by atoms with E-state index in [1.807, 2.05) is 25.2 Å². The number of rotatable bonds is 9. The predicted octanol–water partition coefficient (Wildman–Crippen LogP) is 0.822. The zero-order chi connectivity index (χ0) is 20.5. The zero-order valence-electron chi connectivity index (χ0n) is 16.7. The van der Waals surface area contributed by atoms with Crippen LogP contribution in [-0.4, -0.2) is 46.8 Å². The summed E-state index contributed by atoms with van der Waals surface area (Å²) in [6.45, 7) is 1.38. The molecule has 0 saturated heterocycles. The standard InChI is InChI=1S/C21H26N2O5/c1-23(13-17-9-10-18(26-2)11-19(17)27-3)14-20(24)22-12-15-5-7-16(8-6-15)21(25)28-4/h5-11H,12-14H2,1-4H3,(H,22,24)/p+1. The summed E-state index contributed by atoms with van der Waals surface area (Å²) in [5, 5.41) is 2.90. The lowest BCUT2D eigenvalue weighted by atomic mass is 10.1. The highest BCUT2D eigenvalue weighted by Crippen LogP contribution is 2.23. The summed E-state index contributed by atoms with van der Waals surface area (Å²) in [5.41, 5.74) is 2.40. The highest BCUT2D eigenvalue weighted by atomic mass is 16.5. The van der Waals surface area contributed by atoms with E-state index in [1.54, 1.807) is 38.5 Å². The lowest BCUT2D eigenvalue weighted by Gasteiger charge is -2.16.